The molecule has 5 rings (SSSR count). The van der Waals surface area contributed by atoms with Crippen molar-refractivity contribution in [1.82, 2.24) is 9.97 Å². The number of benzene rings is 3. The van der Waals surface area contributed by atoms with Gasteiger partial charge in [-0.25, -0.2) is 0 Å². The normalized spacial score (nSPS) is 9.43. The Kier molecular flexibility index (Phi) is 9.17. The van der Waals surface area contributed by atoms with Crippen LogP contribution in [0, 0.1) is 30.0 Å². The first-order valence-electron chi connectivity index (χ1n) is 10.5. The topological polar surface area (TPSA) is 53.9 Å². The fraction of sp³-hybridized carbons (Fsp3) is 0. The van der Waals surface area contributed by atoms with Crippen LogP contribution in [-0.2, 0) is 20.1 Å². The Balaban J connectivity index is 0.000000192. The van der Waals surface area contributed by atoms with Crippen LogP contribution < -0.4 is 0 Å². The third-order valence-electron chi connectivity index (χ3n) is 4.90. The van der Waals surface area contributed by atoms with Gasteiger partial charge in [-0.1, -0.05) is 54.6 Å². The molecule has 5 aromatic rings. The predicted octanol–water partition coefficient (Wildman–Crippen LogP) is 7.18. The number of pyridine rings is 2. The van der Waals surface area contributed by atoms with E-state index in [2.05, 4.69) is 45.1 Å². The van der Waals surface area contributed by atoms with Gasteiger partial charge in [0.1, 0.15) is 5.69 Å². The Labute approximate surface area is 218 Å². The molecule has 0 aliphatic rings. The van der Waals surface area contributed by atoms with Crippen molar-refractivity contribution in [3.63, 3.8) is 0 Å². The van der Waals surface area contributed by atoms with E-state index in [1.807, 2.05) is 79.0 Å². The van der Waals surface area contributed by atoms with Crippen molar-refractivity contribution in [2.75, 3.05) is 0 Å². The van der Waals surface area contributed by atoms with E-state index in [1.165, 1.54) is 11.6 Å². The van der Waals surface area contributed by atoms with E-state index in [1.54, 1.807) is 12.3 Å². The first-order valence-corrected chi connectivity index (χ1v) is 10.5. The molecule has 0 saturated carbocycles. The summed E-state index contributed by atoms with van der Waals surface area (Å²) in [6.45, 7) is 6.94. The smallest absolute Gasteiger partial charge is 0.107 e. The number of hydrogen-bond donors (Lipinski definition) is 0. The summed E-state index contributed by atoms with van der Waals surface area (Å²) in [5, 5.41) is 8.84. The van der Waals surface area contributed by atoms with Gasteiger partial charge in [0.15, 0.2) is 0 Å². The number of nitrogens with zero attached hydrogens (tertiary/aromatic N) is 4. The fourth-order valence-corrected chi connectivity index (χ4v) is 3.25. The third kappa shape index (κ3) is 6.79. The molecule has 4 nitrogen and oxygen atoms in total. The van der Waals surface area contributed by atoms with Crippen LogP contribution in [0.2, 0.25) is 0 Å². The van der Waals surface area contributed by atoms with E-state index in [9.17, 15) is 0 Å². The summed E-state index contributed by atoms with van der Waals surface area (Å²) in [5.74, 6) is 0. The van der Waals surface area contributed by atoms with E-state index >= 15 is 0 Å². The molecule has 0 atom stereocenters. The van der Waals surface area contributed by atoms with Gasteiger partial charge >= 0.3 is 0 Å². The van der Waals surface area contributed by atoms with Gasteiger partial charge in [0, 0.05) is 32.5 Å². The third-order valence-corrected chi connectivity index (χ3v) is 4.90. The van der Waals surface area contributed by atoms with Crippen molar-refractivity contribution in [1.29, 1.82) is 5.26 Å². The second-order valence-electron chi connectivity index (χ2n) is 7.18. The second kappa shape index (κ2) is 12.7. The van der Waals surface area contributed by atoms with Gasteiger partial charge in [-0.2, -0.15) is 5.26 Å². The minimum absolute atomic E-state index is 0. The summed E-state index contributed by atoms with van der Waals surface area (Å²) in [4.78, 5) is 11.9. The molecule has 2 heterocycles. The van der Waals surface area contributed by atoms with Crippen molar-refractivity contribution >= 4 is 5.69 Å². The van der Waals surface area contributed by atoms with E-state index in [0.717, 1.165) is 16.8 Å². The van der Waals surface area contributed by atoms with Crippen molar-refractivity contribution < 1.29 is 20.1 Å². The van der Waals surface area contributed by atoms with Gasteiger partial charge in [-0.05, 0) is 34.1 Å². The zero-order valence-electron chi connectivity index (χ0n) is 18.5. The van der Waals surface area contributed by atoms with Crippen molar-refractivity contribution in [3.05, 3.63) is 139 Å². The maximum Gasteiger partial charge on any atom is 0.107 e. The minimum atomic E-state index is 0. The van der Waals surface area contributed by atoms with Crippen LogP contribution in [0.4, 0.5) is 5.69 Å². The molecular formula is C30H18IrN4-2. The summed E-state index contributed by atoms with van der Waals surface area (Å²) in [6.07, 6.45) is 3.57. The molecule has 0 aliphatic carbocycles. The Morgan fingerprint density at radius 2 is 1.54 bits per heavy atom. The SMILES string of the molecule is [C-]#[N+]c1[c-]c(-c2ccccn2)cc(C#N)c1.[Ir].[c-]1ccccc1-c1ccc(-c2ccccc2)cn1. The van der Waals surface area contributed by atoms with E-state index in [-0.39, 0.29) is 20.1 Å². The Hall–Kier alpha value is -4.41. The molecule has 0 spiro atoms. The monoisotopic (exact) mass is 627 g/mol. The standard InChI is InChI=1S/C17H12N.C13H6N3.Ir/c1-3-7-14(8-4-1)16-11-12-17(18-13-16)15-9-5-2-6-10-15;1-15-12-7-10(9-14)6-11(8-12)13-4-2-3-5-16-13;/h1-9,11-13H;2-7H;/q2*-1;. The molecule has 0 unspecified atom stereocenters. The van der Waals surface area contributed by atoms with Crippen LogP contribution in [0.15, 0.2) is 109 Å². The van der Waals surface area contributed by atoms with Crippen LogP contribution >= 0.6 is 0 Å². The van der Waals surface area contributed by atoms with Crippen molar-refractivity contribution in [2.24, 2.45) is 0 Å². The number of nitriles is 1. The maximum atomic E-state index is 8.84. The number of rotatable bonds is 3. The molecule has 1 radical (unpaired) electrons. The van der Waals surface area contributed by atoms with Crippen molar-refractivity contribution in [2.45, 2.75) is 0 Å². The zero-order chi connectivity index (χ0) is 23.6. The van der Waals surface area contributed by atoms with E-state index in [0.29, 0.717) is 22.5 Å². The molecule has 3 aromatic carbocycles. The first kappa shape index (κ1) is 25.2. The fourth-order valence-electron chi connectivity index (χ4n) is 3.25. The van der Waals surface area contributed by atoms with Crippen molar-refractivity contribution in [3.8, 4) is 39.7 Å². The van der Waals surface area contributed by atoms with Crippen LogP contribution in [0.3, 0.4) is 0 Å². The first-order chi connectivity index (χ1) is 16.8. The average Bonchev–Trinajstić information content (AvgIpc) is 2.94. The number of aromatic nitrogens is 2. The van der Waals surface area contributed by atoms with E-state index < -0.39 is 0 Å². The van der Waals surface area contributed by atoms with Crippen LogP contribution in [0.25, 0.3) is 38.5 Å². The molecule has 0 saturated heterocycles. The summed E-state index contributed by atoms with van der Waals surface area (Å²) in [7, 11) is 0. The summed E-state index contributed by atoms with van der Waals surface area (Å²) in [6, 6.07) is 39.1. The molecule has 0 fully saturated rings. The Morgan fingerprint density at radius 3 is 2.17 bits per heavy atom. The van der Waals surface area contributed by atoms with Gasteiger partial charge < -0.3 is 9.97 Å². The molecule has 0 amide bonds. The van der Waals surface area contributed by atoms with Gasteiger partial charge in [0.2, 0.25) is 0 Å². The van der Waals surface area contributed by atoms with Gasteiger partial charge in [0.05, 0.1) is 12.6 Å². The zero-order valence-corrected chi connectivity index (χ0v) is 20.9. The van der Waals surface area contributed by atoms with Gasteiger partial charge in [0.25, 0.3) is 0 Å². The second-order valence-corrected chi connectivity index (χ2v) is 7.18. The molecule has 0 bridgehead atoms. The maximum absolute atomic E-state index is 8.84. The Morgan fingerprint density at radius 1 is 0.771 bits per heavy atom. The Bertz CT molecular complexity index is 1350. The molecule has 2 aromatic heterocycles. The van der Waals surface area contributed by atoms with Crippen LogP contribution in [-0.4, -0.2) is 9.97 Å². The molecule has 0 aliphatic heterocycles. The van der Waals surface area contributed by atoms with E-state index in [4.69, 9.17) is 11.8 Å². The van der Waals surface area contributed by atoms with Gasteiger partial charge in [-0.15, -0.1) is 59.7 Å². The summed E-state index contributed by atoms with van der Waals surface area (Å²) >= 11 is 0. The predicted molar refractivity (Wildman–Crippen MR) is 133 cm³/mol. The molecule has 35 heavy (non-hydrogen) atoms. The number of hydrogen-bond acceptors (Lipinski definition) is 3. The largest absolute Gasteiger partial charge is 0.305 e. The minimum Gasteiger partial charge on any atom is -0.305 e. The van der Waals surface area contributed by atoms with Crippen LogP contribution in [0.5, 0.6) is 0 Å². The molecule has 5 heteroatoms. The summed E-state index contributed by atoms with van der Waals surface area (Å²) < 4.78 is 0. The summed E-state index contributed by atoms with van der Waals surface area (Å²) in [5.41, 5.74) is 6.47. The van der Waals surface area contributed by atoms with Gasteiger partial charge in [-0.3, -0.25) is 4.85 Å². The quantitative estimate of drug-likeness (QED) is 0.199. The van der Waals surface area contributed by atoms with Crippen LogP contribution in [0.1, 0.15) is 5.56 Å². The average molecular weight is 627 g/mol. The molecule has 169 valence electrons. The molecular weight excluding hydrogens is 609 g/mol. The molecule has 0 N–H and O–H groups in total.